The summed E-state index contributed by atoms with van der Waals surface area (Å²) in [5.74, 6) is 0.858. The summed E-state index contributed by atoms with van der Waals surface area (Å²) in [6, 6.07) is 7.17. The van der Waals surface area contributed by atoms with E-state index in [1.165, 1.54) is 0 Å². The van der Waals surface area contributed by atoms with E-state index in [1.54, 1.807) is 26.2 Å². The zero-order valence-electron chi connectivity index (χ0n) is 14.0. The third kappa shape index (κ3) is 5.18. The monoisotopic (exact) mass is 348 g/mol. The third-order valence-corrected chi connectivity index (χ3v) is 3.57. The number of hydrogen-bond donors (Lipinski definition) is 2. The van der Waals surface area contributed by atoms with Crippen LogP contribution in [0.25, 0.3) is 0 Å². The maximum absolute atomic E-state index is 12.2. The number of ether oxygens (including phenoxy) is 1. The fraction of sp³-hybridized carbons (Fsp3) is 0.353. The molecule has 24 heavy (non-hydrogen) atoms. The Morgan fingerprint density at radius 1 is 1.25 bits per heavy atom. The molecule has 6 nitrogen and oxygen atoms in total. The first-order chi connectivity index (χ1) is 11.5. The molecule has 2 rings (SSSR count). The number of nitrogens with one attached hydrogen (secondary N) is 2. The largest absolute Gasteiger partial charge is 0.385 e. The minimum Gasteiger partial charge on any atom is -0.385 e. The summed E-state index contributed by atoms with van der Waals surface area (Å²) in [6.07, 6.45) is 0.751. The third-order valence-electron chi connectivity index (χ3n) is 3.33. The second kappa shape index (κ2) is 8.61. The van der Waals surface area contributed by atoms with Crippen LogP contribution in [0.1, 0.15) is 28.3 Å². The van der Waals surface area contributed by atoms with E-state index in [9.17, 15) is 4.79 Å². The molecule has 0 fully saturated rings. The summed E-state index contributed by atoms with van der Waals surface area (Å²) >= 11 is 5.97. The van der Waals surface area contributed by atoms with Gasteiger partial charge in [0.25, 0.3) is 5.91 Å². The van der Waals surface area contributed by atoms with Crippen molar-refractivity contribution in [1.82, 2.24) is 15.3 Å². The molecule has 0 radical (unpaired) electrons. The van der Waals surface area contributed by atoms with Gasteiger partial charge in [-0.2, -0.15) is 0 Å². The first-order valence-corrected chi connectivity index (χ1v) is 8.03. The summed E-state index contributed by atoms with van der Waals surface area (Å²) in [7, 11) is 1.63. The molecule has 7 heteroatoms. The lowest BCUT2D eigenvalue weighted by Crippen LogP contribution is -2.26. The maximum atomic E-state index is 12.2. The van der Waals surface area contributed by atoms with Crippen LogP contribution in [0.4, 0.5) is 11.5 Å². The van der Waals surface area contributed by atoms with Crippen molar-refractivity contribution in [2.75, 3.05) is 25.6 Å². The van der Waals surface area contributed by atoms with Crippen molar-refractivity contribution in [3.63, 3.8) is 0 Å². The molecule has 0 bridgehead atoms. The van der Waals surface area contributed by atoms with Crippen LogP contribution in [0.5, 0.6) is 0 Å². The zero-order valence-corrected chi connectivity index (χ0v) is 14.8. The van der Waals surface area contributed by atoms with E-state index in [-0.39, 0.29) is 5.91 Å². The number of aromatic nitrogens is 2. The number of methoxy groups -OCH3 is 1. The lowest BCUT2D eigenvalue weighted by molar-refractivity contribution is 0.0943. The number of carbonyl (C=O) groups excluding carboxylic acids is 1. The van der Waals surface area contributed by atoms with Crippen LogP contribution in [0, 0.1) is 13.8 Å². The van der Waals surface area contributed by atoms with Crippen molar-refractivity contribution in [3.05, 3.63) is 46.4 Å². The van der Waals surface area contributed by atoms with E-state index >= 15 is 0 Å². The van der Waals surface area contributed by atoms with Crippen molar-refractivity contribution in [2.45, 2.75) is 20.3 Å². The summed E-state index contributed by atoms with van der Waals surface area (Å²) in [4.78, 5) is 20.7. The predicted octanol–water partition coefficient (Wildman–Crippen LogP) is 3.26. The molecule has 2 N–H and O–H groups in total. The molecule has 0 unspecified atom stereocenters. The highest BCUT2D eigenvalue weighted by Gasteiger charge is 2.11. The molecule has 2 aromatic rings. The Kier molecular flexibility index (Phi) is 6.52. The van der Waals surface area contributed by atoms with Gasteiger partial charge in [0.1, 0.15) is 17.3 Å². The number of halogens is 1. The highest BCUT2D eigenvalue weighted by atomic mass is 35.5. The molecule has 1 aromatic heterocycles. The Morgan fingerprint density at radius 3 is 2.75 bits per heavy atom. The van der Waals surface area contributed by atoms with Crippen LogP contribution >= 0.6 is 11.6 Å². The Labute approximate surface area is 146 Å². The molecule has 0 atom stereocenters. The van der Waals surface area contributed by atoms with E-state index < -0.39 is 0 Å². The van der Waals surface area contributed by atoms with Crippen molar-refractivity contribution in [3.8, 4) is 0 Å². The number of hydrogen-bond acceptors (Lipinski definition) is 5. The number of anilines is 2. The van der Waals surface area contributed by atoms with Gasteiger partial charge in [-0.3, -0.25) is 4.79 Å². The first kappa shape index (κ1) is 18.2. The standard InChI is InChI=1S/C17H21ClN4O2/c1-11-9-13(18)5-6-14(11)22-16-10-15(20-12(2)21-16)17(23)19-7-4-8-24-3/h5-6,9-10H,4,7-8H2,1-3H3,(H,19,23)(H,20,21,22). The molecular formula is C17H21ClN4O2. The lowest BCUT2D eigenvalue weighted by Gasteiger charge is -2.11. The van der Waals surface area contributed by atoms with Crippen LogP contribution in [-0.4, -0.2) is 36.1 Å². The van der Waals surface area contributed by atoms with Crippen LogP contribution in [0.3, 0.4) is 0 Å². The topological polar surface area (TPSA) is 76.1 Å². The van der Waals surface area contributed by atoms with Crippen molar-refractivity contribution in [2.24, 2.45) is 0 Å². The molecule has 128 valence electrons. The van der Waals surface area contributed by atoms with E-state index in [0.29, 0.717) is 35.5 Å². The minimum atomic E-state index is -0.229. The Balaban J connectivity index is 2.11. The van der Waals surface area contributed by atoms with Gasteiger partial charge in [0.15, 0.2) is 0 Å². The molecule has 1 amide bonds. The summed E-state index contributed by atoms with van der Waals surface area (Å²) in [5, 5.41) is 6.69. The van der Waals surface area contributed by atoms with Crippen LogP contribution in [0.15, 0.2) is 24.3 Å². The van der Waals surface area contributed by atoms with Crippen LogP contribution in [0.2, 0.25) is 5.02 Å². The average molecular weight is 349 g/mol. The first-order valence-electron chi connectivity index (χ1n) is 7.65. The zero-order chi connectivity index (χ0) is 17.5. The van der Waals surface area contributed by atoms with E-state index in [1.807, 2.05) is 19.1 Å². The molecule has 0 aliphatic heterocycles. The summed E-state index contributed by atoms with van der Waals surface area (Å²) < 4.78 is 4.96. The minimum absolute atomic E-state index is 0.229. The van der Waals surface area contributed by atoms with Crippen molar-refractivity contribution >= 4 is 29.0 Å². The molecular weight excluding hydrogens is 328 g/mol. The average Bonchev–Trinajstić information content (AvgIpc) is 2.53. The van der Waals surface area contributed by atoms with Crippen molar-refractivity contribution in [1.29, 1.82) is 0 Å². The second-order valence-electron chi connectivity index (χ2n) is 5.37. The Bertz CT molecular complexity index is 722. The highest BCUT2D eigenvalue weighted by molar-refractivity contribution is 6.30. The molecule has 0 aliphatic rings. The molecule has 0 saturated carbocycles. The van der Waals surface area contributed by atoms with Gasteiger partial charge in [0, 0.05) is 37.0 Å². The number of benzene rings is 1. The fourth-order valence-electron chi connectivity index (χ4n) is 2.16. The number of aryl methyl sites for hydroxylation is 2. The quantitative estimate of drug-likeness (QED) is 0.751. The van der Waals surface area contributed by atoms with Gasteiger partial charge in [-0.05, 0) is 44.0 Å². The van der Waals surface area contributed by atoms with Crippen LogP contribution < -0.4 is 10.6 Å². The molecule has 0 spiro atoms. The maximum Gasteiger partial charge on any atom is 0.270 e. The number of rotatable bonds is 7. The smallest absolute Gasteiger partial charge is 0.270 e. The van der Waals surface area contributed by atoms with E-state index in [4.69, 9.17) is 16.3 Å². The second-order valence-corrected chi connectivity index (χ2v) is 5.81. The van der Waals surface area contributed by atoms with Gasteiger partial charge in [0.2, 0.25) is 0 Å². The Hall–Kier alpha value is -2.18. The normalized spacial score (nSPS) is 10.5. The van der Waals surface area contributed by atoms with E-state index in [0.717, 1.165) is 17.7 Å². The predicted molar refractivity (Wildman–Crippen MR) is 95.1 cm³/mol. The van der Waals surface area contributed by atoms with Crippen molar-refractivity contribution < 1.29 is 9.53 Å². The van der Waals surface area contributed by atoms with E-state index in [2.05, 4.69) is 20.6 Å². The lowest BCUT2D eigenvalue weighted by atomic mass is 10.2. The summed E-state index contributed by atoms with van der Waals surface area (Å²) in [6.45, 7) is 4.84. The number of amides is 1. The van der Waals surface area contributed by atoms with Gasteiger partial charge < -0.3 is 15.4 Å². The number of carbonyl (C=O) groups is 1. The van der Waals surface area contributed by atoms with Gasteiger partial charge in [-0.15, -0.1) is 0 Å². The molecule has 0 saturated heterocycles. The van der Waals surface area contributed by atoms with Gasteiger partial charge in [0.05, 0.1) is 0 Å². The van der Waals surface area contributed by atoms with Gasteiger partial charge >= 0.3 is 0 Å². The number of nitrogens with zero attached hydrogens (tertiary/aromatic N) is 2. The molecule has 1 aromatic carbocycles. The van der Waals surface area contributed by atoms with Crippen LogP contribution in [-0.2, 0) is 4.74 Å². The fourth-order valence-corrected chi connectivity index (χ4v) is 2.39. The Morgan fingerprint density at radius 2 is 2.04 bits per heavy atom. The highest BCUT2D eigenvalue weighted by Crippen LogP contribution is 2.23. The molecule has 0 aliphatic carbocycles. The summed E-state index contributed by atoms with van der Waals surface area (Å²) in [5.41, 5.74) is 2.20. The SMILES string of the molecule is COCCCNC(=O)c1cc(Nc2ccc(Cl)cc2C)nc(C)n1. The van der Waals surface area contributed by atoms with Gasteiger partial charge in [-0.25, -0.2) is 9.97 Å². The molecule has 1 heterocycles. The van der Waals surface area contributed by atoms with Gasteiger partial charge in [-0.1, -0.05) is 11.6 Å².